The van der Waals surface area contributed by atoms with E-state index in [9.17, 15) is 9.59 Å². The molecule has 1 atom stereocenters. The third-order valence-corrected chi connectivity index (χ3v) is 5.69. The summed E-state index contributed by atoms with van der Waals surface area (Å²) in [6.07, 6.45) is 2.28. The number of amides is 3. The second-order valence-corrected chi connectivity index (χ2v) is 7.98. The lowest BCUT2D eigenvalue weighted by Crippen LogP contribution is -2.39. The minimum absolute atomic E-state index is 0.188. The highest BCUT2D eigenvalue weighted by Gasteiger charge is 2.33. The van der Waals surface area contributed by atoms with Gasteiger partial charge in [-0.25, -0.2) is 4.79 Å². The molecule has 0 spiro atoms. The summed E-state index contributed by atoms with van der Waals surface area (Å²) in [6, 6.07) is 9.87. The zero-order valence-corrected chi connectivity index (χ0v) is 15.4. The van der Waals surface area contributed by atoms with E-state index in [0.717, 1.165) is 23.8 Å². The van der Waals surface area contributed by atoms with Gasteiger partial charge in [0.1, 0.15) is 5.82 Å². The van der Waals surface area contributed by atoms with Crippen molar-refractivity contribution >= 4 is 23.7 Å². The van der Waals surface area contributed by atoms with Gasteiger partial charge >= 0.3 is 6.03 Å². The average molecular weight is 371 g/mol. The normalized spacial score (nSPS) is 18.0. The third-order valence-electron chi connectivity index (χ3n) is 4.62. The molecule has 1 aliphatic carbocycles. The van der Waals surface area contributed by atoms with Crippen molar-refractivity contribution in [1.82, 2.24) is 25.0 Å². The van der Waals surface area contributed by atoms with Crippen molar-refractivity contribution in [3.8, 4) is 0 Å². The van der Waals surface area contributed by atoms with Crippen LogP contribution in [0, 0.1) is 0 Å². The van der Waals surface area contributed by atoms with Crippen LogP contribution in [0.2, 0.25) is 0 Å². The van der Waals surface area contributed by atoms with Crippen LogP contribution in [0.3, 0.4) is 0 Å². The van der Waals surface area contributed by atoms with Crippen molar-refractivity contribution < 1.29 is 9.59 Å². The van der Waals surface area contributed by atoms with Crippen LogP contribution >= 0.6 is 11.8 Å². The number of urea groups is 1. The lowest BCUT2D eigenvalue weighted by atomic mass is 10.2. The van der Waals surface area contributed by atoms with E-state index in [-0.39, 0.29) is 11.9 Å². The number of thioether (sulfide) groups is 1. The quantitative estimate of drug-likeness (QED) is 0.788. The molecule has 0 radical (unpaired) electrons. The highest BCUT2D eigenvalue weighted by molar-refractivity contribution is 8.00. The minimum atomic E-state index is -0.398. The molecule has 1 aliphatic heterocycles. The maximum atomic E-state index is 12.6. The fraction of sp³-hybridized carbons (Fsp3) is 0.444. The summed E-state index contributed by atoms with van der Waals surface area (Å²) in [5.74, 6) is 1.28. The average Bonchev–Trinajstić information content (AvgIpc) is 3.29. The third kappa shape index (κ3) is 3.46. The topological polar surface area (TPSA) is 80.1 Å². The molecule has 4 rings (SSSR count). The van der Waals surface area contributed by atoms with Crippen molar-refractivity contribution in [1.29, 1.82) is 0 Å². The molecule has 7 nitrogen and oxygen atoms in total. The first-order chi connectivity index (χ1) is 12.6. The van der Waals surface area contributed by atoms with Crippen LogP contribution in [0.1, 0.15) is 37.1 Å². The van der Waals surface area contributed by atoms with Crippen molar-refractivity contribution in [2.75, 3.05) is 13.1 Å². The Balaban J connectivity index is 1.54. The number of aromatic nitrogens is 3. The fourth-order valence-corrected chi connectivity index (χ4v) is 3.97. The molecule has 8 heteroatoms. The van der Waals surface area contributed by atoms with Gasteiger partial charge in [0.25, 0.3) is 0 Å². The Morgan fingerprint density at radius 2 is 2.08 bits per heavy atom. The first kappa shape index (κ1) is 17.1. The van der Waals surface area contributed by atoms with Gasteiger partial charge in [0.2, 0.25) is 5.91 Å². The standard InChI is InChI=1S/C18H21N5O2S/c1-12(16(24)22-10-9-19-17(22)25)26-18-21-20-15(14-7-8-14)23(18)11-13-5-3-2-4-6-13/h2-6,12,14H,7-11H2,1H3,(H,19,25)/t12-/m1/s1. The molecular weight excluding hydrogens is 350 g/mol. The van der Waals surface area contributed by atoms with Gasteiger partial charge in [0, 0.05) is 19.0 Å². The van der Waals surface area contributed by atoms with Crippen molar-refractivity contribution in [2.24, 2.45) is 0 Å². The number of nitrogens with one attached hydrogen (secondary N) is 1. The minimum Gasteiger partial charge on any atom is -0.336 e. The summed E-state index contributed by atoms with van der Waals surface area (Å²) in [4.78, 5) is 25.6. The maximum absolute atomic E-state index is 12.6. The molecule has 26 heavy (non-hydrogen) atoms. The van der Waals surface area contributed by atoms with E-state index in [1.807, 2.05) is 25.1 Å². The molecule has 1 N–H and O–H groups in total. The fourth-order valence-electron chi connectivity index (χ4n) is 3.06. The Hall–Kier alpha value is -2.35. The van der Waals surface area contributed by atoms with Gasteiger partial charge in [-0.1, -0.05) is 42.1 Å². The number of rotatable bonds is 6. The second-order valence-electron chi connectivity index (χ2n) is 6.67. The smallest absolute Gasteiger partial charge is 0.324 e. The second kappa shape index (κ2) is 7.11. The predicted molar refractivity (Wildman–Crippen MR) is 98.0 cm³/mol. The molecule has 1 saturated heterocycles. The number of benzene rings is 1. The summed E-state index contributed by atoms with van der Waals surface area (Å²) in [7, 11) is 0. The monoisotopic (exact) mass is 371 g/mol. The van der Waals surface area contributed by atoms with Gasteiger partial charge in [-0.3, -0.25) is 9.69 Å². The van der Waals surface area contributed by atoms with Gasteiger partial charge < -0.3 is 9.88 Å². The SMILES string of the molecule is C[C@@H](Sc1nnc(C2CC2)n1Cc1ccccc1)C(=O)N1CCNC1=O. The van der Waals surface area contributed by atoms with Gasteiger partial charge in [-0.15, -0.1) is 10.2 Å². The number of hydrogen-bond donors (Lipinski definition) is 1. The molecule has 136 valence electrons. The number of imide groups is 1. The van der Waals surface area contributed by atoms with Crippen LogP contribution in [0.25, 0.3) is 0 Å². The van der Waals surface area contributed by atoms with Crippen LogP contribution in [0.5, 0.6) is 0 Å². The predicted octanol–water partition coefficient (Wildman–Crippen LogP) is 2.24. The molecule has 2 heterocycles. The Labute approximate surface area is 156 Å². The van der Waals surface area contributed by atoms with Gasteiger partial charge in [-0.2, -0.15) is 0 Å². The van der Waals surface area contributed by atoms with Crippen LogP contribution in [0.4, 0.5) is 4.79 Å². The zero-order valence-electron chi connectivity index (χ0n) is 14.6. The summed E-state index contributed by atoms with van der Waals surface area (Å²) >= 11 is 1.37. The van der Waals surface area contributed by atoms with Gasteiger partial charge in [-0.05, 0) is 25.3 Å². The van der Waals surface area contributed by atoms with E-state index in [1.165, 1.54) is 22.2 Å². The molecule has 1 aromatic carbocycles. The largest absolute Gasteiger partial charge is 0.336 e. The molecule has 0 unspecified atom stereocenters. The van der Waals surface area contributed by atoms with Crippen molar-refractivity contribution in [3.63, 3.8) is 0 Å². The first-order valence-electron chi connectivity index (χ1n) is 8.86. The molecular formula is C18H21N5O2S. The van der Waals surface area contributed by atoms with Crippen LogP contribution in [0.15, 0.2) is 35.5 Å². The first-order valence-corrected chi connectivity index (χ1v) is 9.74. The van der Waals surface area contributed by atoms with Crippen molar-refractivity contribution in [3.05, 3.63) is 41.7 Å². The van der Waals surface area contributed by atoms with Gasteiger partial charge in [0.15, 0.2) is 5.16 Å². The molecule has 1 aromatic heterocycles. The molecule has 2 aliphatic rings. The Morgan fingerprint density at radius 3 is 2.73 bits per heavy atom. The molecule has 1 saturated carbocycles. The Morgan fingerprint density at radius 1 is 1.31 bits per heavy atom. The highest BCUT2D eigenvalue weighted by Crippen LogP contribution is 2.40. The maximum Gasteiger partial charge on any atom is 0.324 e. The lowest BCUT2D eigenvalue weighted by molar-refractivity contribution is -0.126. The van der Waals surface area contributed by atoms with E-state index in [4.69, 9.17) is 0 Å². The van der Waals surface area contributed by atoms with E-state index in [2.05, 4.69) is 32.2 Å². The Bertz CT molecular complexity index is 818. The van der Waals surface area contributed by atoms with E-state index in [1.54, 1.807) is 0 Å². The van der Waals surface area contributed by atoms with Crippen LogP contribution in [-0.2, 0) is 11.3 Å². The summed E-state index contributed by atoms with van der Waals surface area (Å²) in [6.45, 7) is 3.44. The molecule has 0 bridgehead atoms. The molecule has 2 fully saturated rings. The number of nitrogens with zero attached hydrogens (tertiary/aromatic N) is 4. The lowest BCUT2D eigenvalue weighted by Gasteiger charge is -2.17. The van der Waals surface area contributed by atoms with Crippen LogP contribution < -0.4 is 5.32 Å². The summed E-state index contributed by atoms with van der Waals surface area (Å²) in [5, 5.41) is 11.7. The highest BCUT2D eigenvalue weighted by atomic mass is 32.2. The van der Waals surface area contributed by atoms with Gasteiger partial charge in [0.05, 0.1) is 11.8 Å². The number of hydrogen-bond acceptors (Lipinski definition) is 5. The van der Waals surface area contributed by atoms with E-state index in [0.29, 0.717) is 25.6 Å². The number of carbonyl (C=O) groups excluding carboxylic acids is 2. The van der Waals surface area contributed by atoms with E-state index >= 15 is 0 Å². The van der Waals surface area contributed by atoms with E-state index < -0.39 is 5.25 Å². The zero-order chi connectivity index (χ0) is 18.1. The molecule has 3 amide bonds. The molecule has 2 aromatic rings. The summed E-state index contributed by atoms with van der Waals surface area (Å²) in [5.41, 5.74) is 1.17. The van der Waals surface area contributed by atoms with Crippen molar-refractivity contribution in [2.45, 2.75) is 42.6 Å². The summed E-state index contributed by atoms with van der Waals surface area (Å²) < 4.78 is 2.12. The van der Waals surface area contributed by atoms with Crippen LogP contribution in [-0.4, -0.2) is 49.9 Å². The number of carbonyl (C=O) groups is 2. The Kier molecular flexibility index (Phi) is 4.67.